The molecule has 0 spiro atoms. The molecule has 2 heteroatoms. The van der Waals surface area contributed by atoms with Crippen molar-refractivity contribution in [2.45, 2.75) is 66.3 Å². The van der Waals surface area contributed by atoms with Crippen LogP contribution in [0.1, 0.15) is 60.3 Å². The molecule has 18 heavy (non-hydrogen) atoms. The predicted octanol–water partition coefficient (Wildman–Crippen LogP) is 3.52. The molecule has 0 amide bonds. The minimum absolute atomic E-state index is 0.649. The molecule has 108 valence electrons. The Morgan fingerprint density at radius 2 is 1.61 bits per heavy atom. The summed E-state index contributed by atoms with van der Waals surface area (Å²) < 4.78 is 0. The van der Waals surface area contributed by atoms with Crippen LogP contribution in [0.2, 0.25) is 0 Å². The number of likely N-dealkylation sites (N-methyl/N-ethyl adjacent to an activating group) is 1. The summed E-state index contributed by atoms with van der Waals surface area (Å²) in [6.07, 6.45) is 5.51. The number of nitrogens with one attached hydrogen (secondary N) is 1. The van der Waals surface area contributed by atoms with Crippen LogP contribution in [0.25, 0.3) is 0 Å². The highest BCUT2D eigenvalue weighted by Gasteiger charge is 2.34. The molecular weight excluding hydrogens is 220 g/mol. The van der Waals surface area contributed by atoms with E-state index in [2.05, 4.69) is 44.8 Å². The van der Waals surface area contributed by atoms with E-state index in [1.807, 2.05) is 0 Å². The van der Waals surface area contributed by atoms with E-state index in [9.17, 15) is 0 Å². The van der Waals surface area contributed by atoms with Gasteiger partial charge in [-0.25, -0.2) is 0 Å². The first-order chi connectivity index (χ1) is 8.58. The van der Waals surface area contributed by atoms with Crippen LogP contribution in [-0.4, -0.2) is 37.1 Å². The van der Waals surface area contributed by atoms with Crippen molar-refractivity contribution in [2.75, 3.05) is 26.2 Å². The number of likely N-dealkylation sites (tertiary alicyclic amines) is 1. The summed E-state index contributed by atoms with van der Waals surface area (Å²) in [7, 11) is 0. The average molecular weight is 254 g/mol. The van der Waals surface area contributed by atoms with Crippen molar-refractivity contribution in [3.8, 4) is 0 Å². The topological polar surface area (TPSA) is 15.3 Å². The molecule has 1 aliphatic heterocycles. The third kappa shape index (κ3) is 3.96. The third-order valence-electron chi connectivity index (χ3n) is 5.20. The lowest BCUT2D eigenvalue weighted by Gasteiger charge is -2.45. The van der Waals surface area contributed by atoms with Gasteiger partial charge in [0.2, 0.25) is 0 Å². The largest absolute Gasteiger partial charge is 0.315 e. The molecular formula is C16H34N2. The third-order valence-corrected chi connectivity index (χ3v) is 5.20. The highest BCUT2D eigenvalue weighted by molar-refractivity contribution is 4.88. The molecule has 1 saturated heterocycles. The van der Waals surface area contributed by atoms with Gasteiger partial charge in [-0.05, 0) is 43.8 Å². The first-order valence-electron chi connectivity index (χ1n) is 8.03. The summed E-state index contributed by atoms with van der Waals surface area (Å²) in [6.45, 7) is 16.5. The molecule has 2 nitrogen and oxygen atoms in total. The molecule has 1 atom stereocenters. The molecule has 0 radical (unpaired) electrons. The van der Waals surface area contributed by atoms with Gasteiger partial charge in [-0.3, -0.25) is 4.90 Å². The van der Waals surface area contributed by atoms with Crippen LogP contribution in [0, 0.1) is 11.3 Å². The lowest BCUT2D eigenvalue weighted by atomic mass is 9.73. The zero-order chi connectivity index (χ0) is 13.6. The molecule has 1 rings (SSSR count). The van der Waals surface area contributed by atoms with Gasteiger partial charge in [-0.2, -0.15) is 0 Å². The first-order valence-corrected chi connectivity index (χ1v) is 8.03. The predicted molar refractivity (Wildman–Crippen MR) is 81.0 cm³/mol. The maximum atomic E-state index is 3.53. The zero-order valence-corrected chi connectivity index (χ0v) is 13.3. The molecule has 1 N–H and O–H groups in total. The first kappa shape index (κ1) is 16.0. The van der Waals surface area contributed by atoms with E-state index < -0.39 is 0 Å². The van der Waals surface area contributed by atoms with E-state index in [1.165, 1.54) is 38.8 Å². The van der Waals surface area contributed by atoms with Gasteiger partial charge in [0.05, 0.1) is 0 Å². The van der Waals surface area contributed by atoms with E-state index >= 15 is 0 Å². The monoisotopic (exact) mass is 254 g/mol. The Kier molecular flexibility index (Phi) is 6.65. The summed E-state index contributed by atoms with van der Waals surface area (Å²) in [5.74, 6) is 0.750. The minimum atomic E-state index is 0.649. The van der Waals surface area contributed by atoms with Gasteiger partial charge in [0.25, 0.3) is 0 Å². The number of nitrogens with zero attached hydrogens (tertiary/aromatic N) is 1. The van der Waals surface area contributed by atoms with Gasteiger partial charge in [0.15, 0.2) is 0 Å². The van der Waals surface area contributed by atoms with Gasteiger partial charge < -0.3 is 5.32 Å². The average Bonchev–Trinajstić information content (AvgIpc) is 2.40. The van der Waals surface area contributed by atoms with Gasteiger partial charge in [-0.15, -0.1) is 0 Å². The van der Waals surface area contributed by atoms with E-state index in [-0.39, 0.29) is 0 Å². The normalized spacial score (nSPS) is 22.3. The Hall–Kier alpha value is -0.0800. The maximum absolute atomic E-state index is 3.53. The second-order valence-corrected chi connectivity index (χ2v) is 6.36. The minimum Gasteiger partial charge on any atom is -0.315 e. The smallest absolute Gasteiger partial charge is 0.0243 e. The molecule has 0 aliphatic carbocycles. The van der Waals surface area contributed by atoms with Crippen LogP contribution in [0.3, 0.4) is 0 Å². The standard InChI is InChI=1S/C16H34N2/c1-6-16(7-2)9-11-18(12-10-16)15(14(4)5)13-17-8-3/h14-15,17H,6-13H2,1-5H3. The fourth-order valence-electron chi connectivity index (χ4n) is 3.37. The fourth-order valence-corrected chi connectivity index (χ4v) is 3.37. The Labute approximate surface area is 115 Å². The summed E-state index contributed by atoms with van der Waals surface area (Å²) in [5.41, 5.74) is 0.649. The van der Waals surface area contributed by atoms with Crippen molar-refractivity contribution in [1.29, 1.82) is 0 Å². The van der Waals surface area contributed by atoms with Crippen LogP contribution in [0.15, 0.2) is 0 Å². The van der Waals surface area contributed by atoms with Crippen LogP contribution in [0.5, 0.6) is 0 Å². The van der Waals surface area contributed by atoms with Crippen molar-refractivity contribution in [3.05, 3.63) is 0 Å². The zero-order valence-electron chi connectivity index (χ0n) is 13.3. The number of rotatable bonds is 7. The Morgan fingerprint density at radius 1 is 1.06 bits per heavy atom. The van der Waals surface area contributed by atoms with Crippen LogP contribution in [0.4, 0.5) is 0 Å². The van der Waals surface area contributed by atoms with E-state index in [1.54, 1.807) is 0 Å². The molecule has 0 aromatic rings. The van der Waals surface area contributed by atoms with Gasteiger partial charge in [0, 0.05) is 12.6 Å². The quantitative estimate of drug-likeness (QED) is 0.748. The molecule has 0 aromatic carbocycles. The van der Waals surface area contributed by atoms with E-state index in [4.69, 9.17) is 0 Å². The number of piperidine rings is 1. The van der Waals surface area contributed by atoms with Crippen LogP contribution >= 0.6 is 0 Å². The molecule has 0 aromatic heterocycles. The van der Waals surface area contributed by atoms with Crippen molar-refractivity contribution >= 4 is 0 Å². The summed E-state index contributed by atoms with van der Waals surface area (Å²) in [5, 5.41) is 3.53. The molecule has 1 fully saturated rings. The van der Waals surface area contributed by atoms with E-state index in [0.29, 0.717) is 5.41 Å². The highest BCUT2D eigenvalue weighted by Crippen LogP contribution is 2.38. The van der Waals surface area contributed by atoms with Crippen molar-refractivity contribution in [3.63, 3.8) is 0 Å². The van der Waals surface area contributed by atoms with Gasteiger partial charge in [0.1, 0.15) is 0 Å². The Bertz CT molecular complexity index is 211. The van der Waals surface area contributed by atoms with E-state index in [0.717, 1.165) is 25.0 Å². The van der Waals surface area contributed by atoms with Crippen LogP contribution in [-0.2, 0) is 0 Å². The molecule has 0 saturated carbocycles. The van der Waals surface area contributed by atoms with Crippen molar-refractivity contribution < 1.29 is 0 Å². The lowest BCUT2D eigenvalue weighted by molar-refractivity contribution is 0.0506. The highest BCUT2D eigenvalue weighted by atomic mass is 15.2. The molecule has 0 bridgehead atoms. The van der Waals surface area contributed by atoms with Crippen LogP contribution < -0.4 is 5.32 Å². The summed E-state index contributed by atoms with van der Waals surface area (Å²) in [4.78, 5) is 2.73. The Balaban J connectivity index is 2.53. The summed E-state index contributed by atoms with van der Waals surface area (Å²) in [6, 6.07) is 0.719. The van der Waals surface area contributed by atoms with Gasteiger partial charge >= 0.3 is 0 Å². The number of hydrogen-bond donors (Lipinski definition) is 1. The number of hydrogen-bond acceptors (Lipinski definition) is 2. The summed E-state index contributed by atoms with van der Waals surface area (Å²) >= 11 is 0. The second kappa shape index (κ2) is 7.49. The SMILES string of the molecule is CCNCC(C(C)C)N1CCC(CC)(CC)CC1. The maximum Gasteiger partial charge on any atom is 0.0243 e. The van der Waals surface area contributed by atoms with Crippen molar-refractivity contribution in [1.82, 2.24) is 10.2 Å². The lowest BCUT2D eigenvalue weighted by Crippen LogP contribution is -2.50. The molecule has 1 heterocycles. The van der Waals surface area contributed by atoms with Gasteiger partial charge in [-0.1, -0.05) is 47.5 Å². The molecule has 1 aliphatic rings. The second-order valence-electron chi connectivity index (χ2n) is 6.36. The Morgan fingerprint density at radius 3 is 2.00 bits per heavy atom. The van der Waals surface area contributed by atoms with Crippen molar-refractivity contribution in [2.24, 2.45) is 11.3 Å². The fraction of sp³-hybridized carbons (Fsp3) is 1.00. The molecule has 1 unspecified atom stereocenters.